The molecule has 1 aromatic rings. The van der Waals surface area contributed by atoms with Gasteiger partial charge >= 0.3 is 0 Å². The number of pyridine rings is 1. The maximum Gasteiger partial charge on any atom is 0.213 e. The molecule has 0 bridgehead atoms. The van der Waals surface area contributed by atoms with Crippen LogP contribution in [-0.2, 0) is 4.74 Å². The van der Waals surface area contributed by atoms with Crippen LogP contribution in [0, 0.1) is 0 Å². The van der Waals surface area contributed by atoms with Crippen molar-refractivity contribution < 1.29 is 9.47 Å². The summed E-state index contributed by atoms with van der Waals surface area (Å²) in [6, 6.07) is 3.58. The second-order valence-electron chi connectivity index (χ2n) is 3.73. The van der Waals surface area contributed by atoms with Crippen molar-refractivity contribution >= 4 is 18.1 Å². The molecule has 96 valence electrons. The zero-order valence-electron chi connectivity index (χ0n) is 9.67. The van der Waals surface area contributed by atoms with Gasteiger partial charge in [-0.05, 0) is 6.07 Å². The molecule has 1 saturated heterocycles. The van der Waals surface area contributed by atoms with Crippen LogP contribution in [0.15, 0.2) is 18.3 Å². The van der Waals surface area contributed by atoms with Gasteiger partial charge in [0.15, 0.2) is 0 Å². The van der Waals surface area contributed by atoms with Crippen LogP contribution < -0.4 is 10.5 Å². The average molecular weight is 260 g/mol. The van der Waals surface area contributed by atoms with Gasteiger partial charge in [0.05, 0.1) is 25.1 Å². The van der Waals surface area contributed by atoms with Crippen molar-refractivity contribution in [1.29, 1.82) is 0 Å². The van der Waals surface area contributed by atoms with E-state index in [4.69, 9.17) is 15.2 Å². The van der Waals surface area contributed by atoms with E-state index in [9.17, 15) is 0 Å². The van der Waals surface area contributed by atoms with Crippen LogP contribution in [0.2, 0.25) is 0 Å². The Morgan fingerprint density at radius 3 is 2.76 bits per heavy atom. The zero-order valence-corrected chi connectivity index (χ0v) is 10.5. The number of halogens is 1. The van der Waals surface area contributed by atoms with E-state index < -0.39 is 0 Å². The number of anilines is 1. The molecule has 0 atom stereocenters. The molecular weight excluding hydrogens is 242 g/mol. The Labute approximate surface area is 107 Å². The number of ether oxygens (including phenoxy) is 2. The second-order valence-corrected chi connectivity index (χ2v) is 3.73. The number of nitrogens with two attached hydrogens (primary N) is 1. The molecule has 0 spiro atoms. The van der Waals surface area contributed by atoms with Gasteiger partial charge < -0.3 is 15.2 Å². The number of hydrogen-bond acceptors (Lipinski definition) is 5. The van der Waals surface area contributed by atoms with E-state index in [1.165, 1.54) is 0 Å². The fourth-order valence-electron chi connectivity index (χ4n) is 1.58. The maximum atomic E-state index is 5.53. The molecule has 0 aliphatic carbocycles. The first-order chi connectivity index (χ1) is 7.84. The van der Waals surface area contributed by atoms with E-state index in [1.54, 1.807) is 18.3 Å². The zero-order chi connectivity index (χ0) is 11.2. The molecule has 1 fully saturated rings. The SMILES string of the molecule is Cl.Nc1ccc(OCCN2CCOCC2)nc1. The third-order valence-corrected chi connectivity index (χ3v) is 2.52. The number of aromatic nitrogens is 1. The van der Waals surface area contributed by atoms with Gasteiger partial charge in [-0.2, -0.15) is 0 Å². The van der Waals surface area contributed by atoms with Crippen molar-refractivity contribution in [2.75, 3.05) is 45.2 Å². The first-order valence-electron chi connectivity index (χ1n) is 5.49. The van der Waals surface area contributed by atoms with E-state index in [-0.39, 0.29) is 12.4 Å². The van der Waals surface area contributed by atoms with Gasteiger partial charge in [0.25, 0.3) is 0 Å². The van der Waals surface area contributed by atoms with Gasteiger partial charge in [-0.3, -0.25) is 4.90 Å². The molecule has 0 saturated carbocycles. The number of rotatable bonds is 4. The molecule has 2 N–H and O–H groups in total. The van der Waals surface area contributed by atoms with Gasteiger partial charge in [-0.15, -0.1) is 12.4 Å². The Bertz CT molecular complexity index is 315. The van der Waals surface area contributed by atoms with Crippen molar-refractivity contribution in [2.45, 2.75) is 0 Å². The van der Waals surface area contributed by atoms with E-state index in [0.717, 1.165) is 32.8 Å². The summed E-state index contributed by atoms with van der Waals surface area (Å²) >= 11 is 0. The highest BCUT2D eigenvalue weighted by atomic mass is 35.5. The highest BCUT2D eigenvalue weighted by molar-refractivity contribution is 5.85. The van der Waals surface area contributed by atoms with Crippen LogP contribution in [0.1, 0.15) is 0 Å². The molecule has 2 heterocycles. The number of nitrogen functional groups attached to an aromatic ring is 1. The molecule has 0 aromatic carbocycles. The summed E-state index contributed by atoms with van der Waals surface area (Å²) in [5.74, 6) is 0.627. The first kappa shape index (κ1) is 14.0. The number of morpholine rings is 1. The minimum Gasteiger partial charge on any atom is -0.476 e. The minimum atomic E-state index is 0. The molecule has 1 aromatic heterocycles. The van der Waals surface area contributed by atoms with E-state index >= 15 is 0 Å². The van der Waals surface area contributed by atoms with Crippen LogP contribution in [-0.4, -0.2) is 49.3 Å². The Morgan fingerprint density at radius 2 is 2.12 bits per heavy atom. The summed E-state index contributed by atoms with van der Waals surface area (Å²) < 4.78 is 10.8. The summed E-state index contributed by atoms with van der Waals surface area (Å²) in [6.45, 7) is 5.17. The second kappa shape index (κ2) is 7.32. The normalized spacial score (nSPS) is 16.2. The quantitative estimate of drug-likeness (QED) is 0.867. The van der Waals surface area contributed by atoms with Crippen LogP contribution in [0.5, 0.6) is 5.88 Å². The van der Waals surface area contributed by atoms with Crippen LogP contribution in [0.3, 0.4) is 0 Å². The van der Waals surface area contributed by atoms with Gasteiger partial charge in [-0.1, -0.05) is 0 Å². The summed E-state index contributed by atoms with van der Waals surface area (Å²) in [6.07, 6.45) is 1.60. The molecule has 1 aliphatic heterocycles. The summed E-state index contributed by atoms with van der Waals surface area (Å²) in [5.41, 5.74) is 6.19. The lowest BCUT2D eigenvalue weighted by atomic mass is 10.4. The van der Waals surface area contributed by atoms with Crippen molar-refractivity contribution in [3.05, 3.63) is 18.3 Å². The monoisotopic (exact) mass is 259 g/mol. The predicted octanol–water partition coefficient (Wildman–Crippen LogP) is 0.797. The van der Waals surface area contributed by atoms with Gasteiger partial charge in [0.1, 0.15) is 6.61 Å². The smallest absolute Gasteiger partial charge is 0.213 e. The molecular formula is C11H18ClN3O2. The van der Waals surface area contributed by atoms with Crippen LogP contribution >= 0.6 is 12.4 Å². The molecule has 17 heavy (non-hydrogen) atoms. The average Bonchev–Trinajstić information content (AvgIpc) is 2.33. The lowest BCUT2D eigenvalue weighted by molar-refractivity contribution is 0.0320. The standard InChI is InChI=1S/C11H17N3O2.ClH/c12-10-1-2-11(13-9-10)16-8-5-14-3-6-15-7-4-14;/h1-2,9H,3-8,12H2;1H. The minimum absolute atomic E-state index is 0. The van der Waals surface area contributed by atoms with Crippen LogP contribution in [0.25, 0.3) is 0 Å². The third-order valence-electron chi connectivity index (χ3n) is 2.52. The lowest BCUT2D eigenvalue weighted by Crippen LogP contribution is -2.38. The van der Waals surface area contributed by atoms with Gasteiger partial charge in [-0.25, -0.2) is 4.98 Å². The summed E-state index contributed by atoms with van der Waals surface area (Å²) in [4.78, 5) is 6.39. The van der Waals surface area contributed by atoms with Crippen molar-refractivity contribution in [2.24, 2.45) is 0 Å². The van der Waals surface area contributed by atoms with Crippen molar-refractivity contribution in [3.63, 3.8) is 0 Å². The lowest BCUT2D eigenvalue weighted by Gasteiger charge is -2.26. The Balaban J connectivity index is 0.00000144. The van der Waals surface area contributed by atoms with Gasteiger partial charge in [0.2, 0.25) is 5.88 Å². The largest absolute Gasteiger partial charge is 0.476 e. The first-order valence-corrected chi connectivity index (χ1v) is 5.49. The number of hydrogen-bond donors (Lipinski definition) is 1. The van der Waals surface area contributed by atoms with Crippen LogP contribution in [0.4, 0.5) is 5.69 Å². The molecule has 1 aliphatic rings. The highest BCUT2D eigenvalue weighted by Crippen LogP contribution is 2.08. The van der Waals surface area contributed by atoms with Crippen molar-refractivity contribution in [3.8, 4) is 5.88 Å². The fourth-order valence-corrected chi connectivity index (χ4v) is 1.58. The molecule has 5 nitrogen and oxygen atoms in total. The molecule has 0 radical (unpaired) electrons. The molecule has 0 amide bonds. The molecule has 6 heteroatoms. The van der Waals surface area contributed by atoms with Gasteiger partial charge in [0, 0.05) is 25.7 Å². The Morgan fingerprint density at radius 1 is 1.35 bits per heavy atom. The fraction of sp³-hybridized carbons (Fsp3) is 0.545. The third kappa shape index (κ3) is 4.77. The number of nitrogens with zero attached hydrogens (tertiary/aromatic N) is 2. The predicted molar refractivity (Wildman–Crippen MR) is 68.7 cm³/mol. The molecule has 2 rings (SSSR count). The Hall–Kier alpha value is -1.04. The Kier molecular flexibility index (Phi) is 6.04. The van der Waals surface area contributed by atoms with Crippen molar-refractivity contribution in [1.82, 2.24) is 9.88 Å². The highest BCUT2D eigenvalue weighted by Gasteiger charge is 2.09. The maximum absolute atomic E-state index is 5.53. The van der Waals surface area contributed by atoms with E-state index in [1.807, 2.05) is 0 Å². The summed E-state index contributed by atoms with van der Waals surface area (Å²) in [5, 5.41) is 0. The van der Waals surface area contributed by atoms with E-state index in [2.05, 4.69) is 9.88 Å². The topological polar surface area (TPSA) is 60.6 Å². The van der Waals surface area contributed by atoms with E-state index in [0.29, 0.717) is 18.2 Å². The molecule has 0 unspecified atom stereocenters. The summed E-state index contributed by atoms with van der Waals surface area (Å²) in [7, 11) is 0.